The van der Waals surface area contributed by atoms with Crippen LogP contribution in [0.1, 0.15) is 44.9 Å². The van der Waals surface area contributed by atoms with E-state index in [1.807, 2.05) is 0 Å². The highest BCUT2D eigenvalue weighted by molar-refractivity contribution is 5.76. The number of fused-ring (bicyclic) bond motifs is 2. The van der Waals surface area contributed by atoms with Crippen LogP contribution in [0.15, 0.2) is 12.2 Å². The van der Waals surface area contributed by atoms with Gasteiger partial charge in [0.2, 0.25) is 5.91 Å². The van der Waals surface area contributed by atoms with E-state index in [0.717, 1.165) is 19.3 Å². The van der Waals surface area contributed by atoms with Crippen LogP contribution in [0.5, 0.6) is 0 Å². The zero-order chi connectivity index (χ0) is 11.7. The molecule has 0 spiro atoms. The van der Waals surface area contributed by atoms with Crippen LogP contribution in [0.25, 0.3) is 0 Å². The Labute approximate surface area is 103 Å². The Morgan fingerprint density at radius 1 is 1.18 bits per heavy atom. The van der Waals surface area contributed by atoms with Crippen LogP contribution in [0.2, 0.25) is 0 Å². The monoisotopic (exact) mass is 234 g/mol. The first-order valence-corrected chi connectivity index (χ1v) is 7.00. The van der Waals surface area contributed by atoms with Crippen molar-refractivity contribution in [2.45, 2.75) is 63.1 Å². The van der Waals surface area contributed by atoms with Crippen LogP contribution in [0, 0.1) is 5.92 Å². The van der Waals surface area contributed by atoms with Gasteiger partial charge in [-0.1, -0.05) is 12.2 Å². The van der Waals surface area contributed by atoms with Gasteiger partial charge < -0.3 is 10.6 Å². The fraction of sp³-hybridized carbons (Fsp3) is 0.786. The van der Waals surface area contributed by atoms with Gasteiger partial charge in [0, 0.05) is 24.5 Å². The first kappa shape index (κ1) is 11.3. The maximum absolute atomic E-state index is 11.9. The van der Waals surface area contributed by atoms with Crippen molar-refractivity contribution in [2.75, 3.05) is 0 Å². The summed E-state index contributed by atoms with van der Waals surface area (Å²) in [5.41, 5.74) is 0. The smallest absolute Gasteiger partial charge is 0.220 e. The van der Waals surface area contributed by atoms with Gasteiger partial charge in [0.25, 0.3) is 0 Å². The highest BCUT2D eigenvalue weighted by Gasteiger charge is 2.34. The van der Waals surface area contributed by atoms with E-state index in [4.69, 9.17) is 0 Å². The minimum absolute atomic E-state index is 0.269. The first-order chi connectivity index (χ1) is 8.29. The highest BCUT2D eigenvalue weighted by atomic mass is 16.1. The second kappa shape index (κ2) is 4.81. The van der Waals surface area contributed by atoms with Crippen molar-refractivity contribution in [1.82, 2.24) is 10.6 Å². The van der Waals surface area contributed by atoms with E-state index >= 15 is 0 Å². The van der Waals surface area contributed by atoms with E-state index in [2.05, 4.69) is 22.8 Å². The summed E-state index contributed by atoms with van der Waals surface area (Å²) in [6.07, 6.45) is 12.1. The molecule has 1 amide bonds. The number of hydrogen-bond acceptors (Lipinski definition) is 2. The lowest BCUT2D eigenvalue weighted by Gasteiger charge is -2.29. The Hall–Kier alpha value is -0.830. The van der Waals surface area contributed by atoms with Crippen molar-refractivity contribution in [3.63, 3.8) is 0 Å². The van der Waals surface area contributed by atoms with Gasteiger partial charge in [0.15, 0.2) is 0 Å². The van der Waals surface area contributed by atoms with Crippen molar-refractivity contribution in [1.29, 1.82) is 0 Å². The van der Waals surface area contributed by atoms with Crippen molar-refractivity contribution in [2.24, 2.45) is 5.92 Å². The minimum atomic E-state index is 0.269. The Kier molecular flexibility index (Phi) is 3.19. The normalized spacial score (nSPS) is 36.4. The highest BCUT2D eigenvalue weighted by Crippen LogP contribution is 2.32. The van der Waals surface area contributed by atoms with Gasteiger partial charge in [0.1, 0.15) is 0 Å². The van der Waals surface area contributed by atoms with Crippen LogP contribution in [0.4, 0.5) is 0 Å². The van der Waals surface area contributed by atoms with Gasteiger partial charge in [-0.05, 0) is 44.4 Å². The number of amides is 1. The molecular formula is C14H22N2O. The number of carbonyl (C=O) groups is 1. The number of hydrogen-bond donors (Lipinski definition) is 2. The maximum Gasteiger partial charge on any atom is 0.220 e. The summed E-state index contributed by atoms with van der Waals surface area (Å²) in [5.74, 6) is 0.883. The second-order valence-corrected chi connectivity index (χ2v) is 5.89. The Bertz CT molecular complexity index is 306. The molecule has 17 heavy (non-hydrogen) atoms. The fourth-order valence-corrected chi connectivity index (χ4v) is 3.63. The quantitative estimate of drug-likeness (QED) is 0.730. The molecule has 2 unspecified atom stereocenters. The molecule has 3 nitrogen and oxygen atoms in total. The molecule has 2 fully saturated rings. The lowest BCUT2D eigenvalue weighted by Crippen LogP contribution is -2.40. The molecule has 0 aromatic rings. The summed E-state index contributed by atoms with van der Waals surface area (Å²) in [6.45, 7) is 0. The number of carbonyl (C=O) groups excluding carboxylic acids is 1. The van der Waals surface area contributed by atoms with Gasteiger partial charge in [0.05, 0.1) is 0 Å². The summed E-state index contributed by atoms with van der Waals surface area (Å²) in [6, 6.07) is 1.76. The van der Waals surface area contributed by atoms with Crippen molar-refractivity contribution >= 4 is 5.91 Å². The molecule has 0 saturated carbocycles. The summed E-state index contributed by atoms with van der Waals surface area (Å²) in [7, 11) is 0. The van der Waals surface area contributed by atoms with Crippen LogP contribution in [-0.4, -0.2) is 24.0 Å². The SMILES string of the molecule is O=C(CC1CC2CCC(C1)N2)NC1CC=CC1. The first-order valence-electron chi connectivity index (χ1n) is 7.00. The second-order valence-electron chi connectivity index (χ2n) is 5.89. The zero-order valence-electron chi connectivity index (χ0n) is 10.3. The molecule has 94 valence electrons. The Morgan fingerprint density at radius 2 is 1.82 bits per heavy atom. The average molecular weight is 234 g/mol. The van der Waals surface area contributed by atoms with Crippen LogP contribution < -0.4 is 10.6 Å². The third-order valence-corrected chi connectivity index (χ3v) is 4.42. The summed E-state index contributed by atoms with van der Waals surface area (Å²) < 4.78 is 0. The summed E-state index contributed by atoms with van der Waals surface area (Å²) in [4.78, 5) is 11.9. The Morgan fingerprint density at radius 3 is 2.47 bits per heavy atom. The van der Waals surface area contributed by atoms with Gasteiger partial charge in [-0.3, -0.25) is 4.79 Å². The third kappa shape index (κ3) is 2.71. The molecule has 3 aliphatic rings. The van der Waals surface area contributed by atoms with E-state index < -0.39 is 0 Å². The van der Waals surface area contributed by atoms with E-state index in [1.165, 1.54) is 25.7 Å². The van der Waals surface area contributed by atoms with Crippen molar-refractivity contribution in [3.8, 4) is 0 Å². The molecule has 1 aliphatic carbocycles. The molecule has 2 bridgehead atoms. The van der Waals surface area contributed by atoms with Crippen molar-refractivity contribution < 1.29 is 4.79 Å². The molecule has 2 saturated heterocycles. The predicted molar refractivity (Wildman–Crippen MR) is 67.6 cm³/mol. The lowest BCUT2D eigenvalue weighted by molar-refractivity contribution is -0.122. The average Bonchev–Trinajstić information content (AvgIpc) is 2.89. The summed E-state index contributed by atoms with van der Waals surface area (Å²) in [5, 5.41) is 6.78. The topological polar surface area (TPSA) is 41.1 Å². The molecule has 0 aromatic carbocycles. The maximum atomic E-state index is 11.9. The molecule has 0 aromatic heterocycles. The Balaban J connectivity index is 1.45. The van der Waals surface area contributed by atoms with Gasteiger partial charge >= 0.3 is 0 Å². The zero-order valence-corrected chi connectivity index (χ0v) is 10.3. The molecule has 3 heteroatoms. The number of piperidine rings is 1. The van der Waals surface area contributed by atoms with Gasteiger partial charge in [-0.15, -0.1) is 0 Å². The lowest BCUT2D eigenvalue weighted by atomic mass is 9.89. The predicted octanol–water partition coefficient (Wildman–Crippen LogP) is 1.74. The van der Waals surface area contributed by atoms with Crippen LogP contribution in [-0.2, 0) is 4.79 Å². The summed E-state index contributed by atoms with van der Waals surface area (Å²) >= 11 is 0. The van der Waals surface area contributed by atoms with E-state index in [-0.39, 0.29) is 5.91 Å². The molecule has 3 rings (SSSR count). The van der Waals surface area contributed by atoms with E-state index in [1.54, 1.807) is 0 Å². The van der Waals surface area contributed by atoms with Crippen LogP contribution >= 0.6 is 0 Å². The fourth-order valence-electron chi connectivity index (χ4n) is 3.63. The number of rotatable bonds is 3. The van der Waals surface area contributed by atoms with E-state index in [0.29, 0.717) is 24.0 Å². The van der Waals surface area contributed by atoms with Crippen molar-refractivity contribution in [3.05, 3.63) is 12.2 Å². The molecular weight excluding hydrogens is 212 g/mol. The van der Waals surface area contributed by atoms with E-state index in [9.17, 15) is 4.79 Å². The van der Waals surface area contributed by atoms with Gasteiger partial charge in [-0.2, -0.15) is 0 Å². The molecule has 0 radical (unpaired) electrons. The third-order valence-electron chi connectivity index (χ3n) is 4.42. The largest absolute Gasteiger partial charge is 0.353 e. The standard InChI is InChI=1S/C14H22N2O/c17-14(16-11-3-1-2-4-11)9-10-7-12-5-6-13(8-10)15-12/h1-2,10-13,15H,3-9H2,(H,16,17). The molecule has 2 N–H and O–H groups in total. The molecule has 2 atom stereocenters. The van der Waals surface area contributed by atoms with Gasteiger partial charge in [-0.25, -0.2) is 0 Å². The molecule has 2 aliphatic heterocycles. The minimum Gasteiger partial charge on any atom is -0.353 e. The number of nitrogens with one attached hydrogen (secondary N) is 2. The molecule has 2 heterocycles. The van der Waals surface area contributed by atoms with Crippen LogP contribution in [0.3, 0.4) is 0 Å².